The Morgan fingerprint density at radius 1 is 1.00 bits per heavy atom. The average Bonchev–Trinajstić information content (AvgIpc) is 2.66. The molecule has 0 aromatic heterocycles. The van der Waals surface area contributed by atoms with E-state index in [0.29, 0.717) is 13.1 Å². The molecule has 0 spiro atoms. The summed E-state index contributed by atoms with van der Waals surface area (Å²) in [5.74, 6) is 0.123. The second-order valence-electron chi connectivity index (χ2n) is 6.39. The van der Waals surface area contributed by atoms with Crippen molar-refractivity contribution in [2.75, 3.05) is 33.2 Å². The summed E-state index contributed by atoms with van der Waals surface area (Å²) in [5.41, 5.74) is 8.16. The van der Waals surface area contributed by atoms with Gasteiger partial charge in [0.25, 0.3) is 0 Å². The highest BCUT2D eigenvalue weighted by Crippen LogP contribution is 2.18. The Morgan fingerprint density at radius 2 is 1.60 bits per heavy atom. The molecule has 0 heterocycles. The van der Waals surface area contributed by atoms with Crippen molar-refractivity contribution in [3.05, 3.63) is 71.8 Å². The summed E-state index contributed by atoms with van der Waals surface area (Å²) < 4.78 is 0. The highest BCUT2D eigenvalue weighted by Gasteiger charge is 2.19. The SMILES string of the molecule is CC(c1ccccc1)N(C)C(=O)CN(CCN)CCc1ccccc1. The van der Waals surface area contributed by atoms with Gasteiger partial charge in [0.05, 0.1) is 12.6 Å². The zero-order valence-corrected chi connectivity index (χ0v) is 15.3. The van der Waals surface area contributed by atoms with Gasteiger partial charge >= 0.3 is 0 Å². The minimum atomic E-state index is 0.0579. The van der Waals surface area contributed by atoms with Crippen LogP contribution in [0.2, 0.25) is 0 Å². The van der Waals surface area contributed by atoms with Crippen LogP contribution in [0.4, 0.5) is 0 Å². The van der Waals surface area contributed by atoms with Crippen LogP contribution in [-0.2, 0) is 11.2 Å². The fourth-order valence-corrected chi connectivity index (χ4v) is 2.86. The molecule has 134 valence electrons. The smallest absolute Gasteiger partial charge is 0.236 e. The lowest BCUT2D eigenvalue weighted by Crippen LogP contribution is -2.42. The molecule has 4 heteroatoms. The van der Waals surface area contributed by atoms with E-state index in [1.165, 1.54) is 5.56 Å². The van der Waals surface area contributed by atoms with E-state index in [-0.39, 0.29) is 11.9 Å². The van der Waals surface area contributed by atoms with Crippen molar-refractivity contribution in [1.82, 2.24) is 9.80 Å². The van der Waals surface area contributed by atoms with Gasteiger partial charge in [0.15, 0.2) is 0 Å². The van der Waals surface area contributed by atoms with Gasteiger partial charge in [-0.15, -0.1) is 0 Å². The maximum absolute atomic E-state index is 12.7. The first-order chi connectivity index (χ1) is 12.1. The van der Waals surface area contributed by atoms with Crippen LogP contribution in [0, 0.1) is 0 Å². The molecule has 2 aromatic rings. The largest absolute Gasteiger partial charge is 0.338 e. The van der Waals surface area contributed by atoms with Gasteiger partial charge in [0, 0.05) is 26.7 Å². The number of rotatable bonds is 9. The van der Waals surface area contributed by atoms with Crippen molar-refractivity contribution in [3.8, 4) is 0 Å². The topological polar surface area (TPSA) is 49.6 Å². The maximum atomic E-state index is 12.7. The first-order valence-corrected chi connectivity index (χ1v) is 8.88. The van der Waals surface area contributed by atoms with Crippen LogP contribution in [0.1, 0.15) is 24.1 Å². The standard InChI is InChI=1S/C21H29N3O/c1-18(20-11-7-4-8-12-20)23(2)21(25)17-24(16-14-22)15-13-19-9-5-3-6-10-19/h3-12,18H,13-17,22H2,1-2H3. The van der Waals surface area contributed by atoms with E-state index in [1.807, 2.05) is 48.3 Å². The molecule has 1 atom stereocenters. The summed E-state index contributed by atoms with van der Waals surface area (Å²) >= 11 is 0. The van der Waals surface area contributed by atoms with Crippen molar-refractivity contribution >= 4 is 5.91 Å². The summed E-state index contributed by atoms with van der Waals surface area (Å²) in [6.45, 7) is 4.58. The number of nitrogens with zero attached hydrogens (tertiary/aromatic N) is 2. The average molecular weight is 339 g/mol. The predicted molar refractivity (Wildman–Crippen MR) is 103 cm³/mol. The third-order valence-electron chi connectivity index (χ3n) is 4.62. The summed E-state index contributed by atoms with van der Waals surface area (Å²) in [6.07, 6.45) is 0.923. The second kappa shape index (κ2) is 9.97. The predicted octanol–water partition coefficient (Wildman–Crippen LogP) is 2.71. The van der Waals surface area contributed by atoms with E-state index in [4.69, 9.17) is 5.73 Å². The van der Waals surface area contributed by atoms with Gasteiger partial charge in [-0.3, -0.25) is 9.69 Å². The maximum Gasteiger partial charge on any atom is 0.236 e. The lowest BCUT2D eigenvalue weighted by Gasteiger charge is -2.29. The Bertz CT molecular complexity index is 630. The number of carbonyl (C=O) groups excluding carboxylic acids is 1. The summed E-state index contributed by atoms with van der Waals surface area (Å²) in [6, 6.07) is 20.5. The van der Waals surface area contributed by atoms with Gasteiger partial charge in [0.1, 0.15) is 0 Å². The van der Waals surface area contributed by atoms with E-state index < -0.39 is 0 Å². The molecule has 0 aliphatic carbocycles. The minimum Gasteiger partial charge on any atom is -0.338 e. The highest BCUT2D eigenvalue weighted by molar-refractivity contribution is 5.78. The van der Waals surface area contributed by atoms with Crippen LogP contribution in [0.5, 0.6) is 0 Å². The normalized spacial score (nSPS) is 12.2. The minimum absolute atomic E-state index is 0.0579. The van der Waals surface area contributed by atoms with Crippen molar-refractivity contribution in [2.24, 2.45) is 5.73 Å². The quantitative estimate of drug-likeness (QED) is 0.764. The summed E-state index contributed by atoms with van der Waals surface area (Å²) in [4.78, 5) is 16.7. The second-order valence-corrected chi connectivity index (χ2v) is 6.39. The molecule has 4 nitrogen and oxygen atoms in total. The fourth-order valence-electron chi connectivity index (χ4n) is 2.86. The Balaban J connectivity index is 1.92. The lowest BCUT2D eigenvalue weighted by molar-refractivity contribution is -0.133. The molecule has 2 rings (SSSR count). The van der Waals surface area contributed by atoms with Crippen molar-refractivity contribution in [2.45, 2.75) is 19.4 Å². The number of hydrogen-bond donors (Lipinski definition) is 1. The van der Waals surface area contributed by atoms with Crippen LogP contribution in [0.15, 0.2) is 60.7 Å². The highest BCUT2D eigenvalue weighted by atomic mass is 16.2. The zero-order chi connectivity index (χ0) is 18.1. The van der Waals surface area contributed by atoms with Gasteiger partial charge in [-0.1, -0.05) is 60.7 Å². The van der Waals surface area contributed by atoms with Gasteiger partial charge < -0.3 is 10.6 Å². The Labute approximate surface area is 151 Å². The van der Waals surface area contributed by atoms with Crippen LogP contribution in [0.3, 0.4) is 0 Å². The van der Waals surface area contributed by atoms with Crippen LogP contribution >= 0.6 is 0 Å². The van der Waals surface area contributed by atoms with Crippen molar-refractivity contribution in [1.29, 1.82) is 0 Å². The molecule has 0 aliphatic rings. The van der Waals surface area contributed by atoms with E-state index >= 15 is 0 Å². The third kappa shape index (κ3) is 6.00. The van der Waals surface area contributed by atoms with Gasteiger partial charge in [-0.2, -0.15) is 0 Å². The van der Waals surface area contributed by atoms with Gasteiger partial charge in [-0.25, -0.2) is 0 Å². The number of nitrogens with two attached hydrogens (primary N) is 1. The molecular formula is C21H29N3O. The molecule has 2 N–H and O–H groups in total. The molecule has 0 radical (unpaired) electrons. The number of amides is 1. The Hall–Kier alpha value is -2.17. The lowest BCUT2D eigenvalue weighted by atomic mass is 10.1. The number of hydrogen-bond acceptors (Lipinski definition) is 3. The van der Waals surface area contributed by atoms with Crippen molar-refractivity contribution < 1.29 is 4.79 Å². The molecule has 0 saturated heterocycles. The first-order valence-electron chi connectivity index (χ1n) is 8.88. The molecule has 0 aliphatic heterocycles. The van der Waals surface area contributed by atoms with E-state index in [2.05, 4.69) is 36.1 Å². The van der Waals surface area contributed by atoms with Crippen LogP contribution in [0.25, 0.3) is 0 Å². The van der Waals surface area contributed by atoms with E-state index in [0.717, 1.165) is 25.1 Å². The van der Waals surface area contributed by atoms with Crippen LogP contribution in [-0.4, -0.2) is 48.9 Å². The summed E-state index contributed by atoms with van der Waals surface area (Å²) in [7, 11) is 1.87. The van der Waals surface area contributed by atoms with E-state index in [1.54, 1.807) is 0 Å². The molecule has 0 saturated carbocycles. The third-order valence-corrected chi connectivity index (χ3v) is 4.62. The molecule has 25 heavy (non-hydrogen) atoms. The Kier molecular flexibility index (Phi) is 7.64. The number of carbonyl (C=O) groups is 1. The fraction of sp³-hybridized carbons (Fsp3) is 0.381. The number of benzene rings is 2. The molecule has 1 amide bonds. The molecule has 1 unspecified atom stereocenters. The van der Waals surface area contributed by atoms with Gasteiger partial charge in [0.2, 0.25) is 5.91 Å². The zero-order valence-electron chi connectivity index (χ0n) is 15.3. The van der Waals surface area contributed by atoms with Crippen LogP contribution < -0.4 is 5.73 Å². The Morgan fingerprint density at radius 3 is 2.20 bits per heavy atom. The molecular weight excluding hydrogens is 310 g/mol. The number of likely N-dealkylation sites (N-methyl/N-ethyl adjacent to an activating group) is 1. The molecule has 0 bridgehead atoms. The monoisotopic (exact) mass is 339 g/mol. The van der Waals surface area contributed by atoms with Crippen molar-refractivity contribution in [3.63, 3.8) is 0 Å². The molecule has 2 aromatic carbocycles. The summed E-state index contributed by atoms with van der Waals surface area (Å²) in [5, 5.41) is 0. The van der Waals surface area contributed by atoms with E-state index in [9.17, 15) is 4.79 Å². The van der Waals surface area contributed by atoms with Gasteiger partial charge in [-0.05, 0) is 24.5 Å². The molecule has 0 fully saturated rings. The first kappa shape index (κ1) is 19.2.